The summed E-state index contributed by atoms with van der Waals surface area (Å²) in [7, 11) is 0. The molecule has 1 heterocycles. The van der Waals surface area contributed by atoms with Crippen molar-refractivity contribution >= 4 is 6.03 Å². The van der Waals surface area contributed by atoms with Gasteiger partial charge >= 0.3 is 6.03 Å². The first-order valence-electron chi connectivity index (χ1n) is 3.50. The van der Waals surface area contributed by atoms with Crippen LogP contribution in [0.5, 0.6) is 0 Å². The van der Waals surface area contributed by atoms with E-state index in [1.54, 1.807) is 6.67 Å². The molecule has 0 spiro atoms. The van der Waals surface area contributed by atoms with Crippen LogP contribution in [0, 0.1) is 6.67 Å². The Morgan fingerprint density at radius 3 is 2.73 bits per heavy atom. The minimum atomic E-state index is -0.531. The molecule has 1 aliphatic rings. The number of morpholine rings is 1. The molecule has 5 nitrogen and oxygen atoms in total. The molecule has 11 heavy (non-hydrogen) atoms. The molecule has 5 heteroatoms. The van der Waals surface area contributed by atoms with Crippen molar-refractivity contribution < 1.29 is 9.53 Å². The molecule has 0 aromatic rings. The fourth-order valence-corrected chi connectivity index (χ4v) is 0.861. The monoisotopic (exact) mass is 158 g/mol. The predicted octanol–water partition coefficient (Wildman–Crippen LogP) is -0.894. The van der Waals surface area contributed by atoms with Crippen molar-refractivity contribution in [2.24, 2.45) is 5.73 Å². The second kappa shape index (κ2) is 4.15. The molecule has 0 unspecified atom stereocenters. The number of hydrogen-bond donors (Lipinski definition) is 2. The van der Waals surface area contributed by atoms with Crippen LogP contribution in [0.1, 0.15) is 0 Å². The molecule has 1 saturated heterocycles. The Labute approximate surface area is 65.5 Å². The standard InChI is InChI=1S/C6H12N3O2/c7-6(10)8-5-9-1-3-11-4-2-9/h5H,1-4H2,(H3,7,8,10). The number of rotatable bonds is 2. The zero-order chi connectivity index (χ0) is 8.10. The van der Waals surface area contributed by atoms with E-state index < -0.39 is 6.03 Å². The highest BCUT2D eigenvalue weighted by Gasteiger charge is 2.09. The Kier molecular flexibility index (Phi) is 3.13. The minimum Gasteiger partial charge on any atom is -0.379 e. The van der Waals surface area contributed by atoms with Crippen LogP contribution in [-0.4, -0.2) is 37.2 Å². The third-order valence-corrected chi connectivity index (χ3v) is 1.44. The number of urea groups is 1. The van der Waals surface area contributed by atoms with Gasteiger partial charge < -0.3 is 15.8 Å². The molecule has 1 fully saturated rings. The molecule has 0 aromatic carbocycles. The van der Waals surface area contributed by atoms with Crippen molar-refractivity contribution in [2.45, 2.75) is 0 Å². The fraction of sp³-hybridized carbons (Fsp3) is 0.667. The normalized spacial score (nSPS) is 19.6. The van der Waals surface area contributed by atoms with Gasteiger partial charge in [0, 0.05) is 13.1 Å². The smallest absolute Gasteiger partial charge is 0.313 e. The number of nitrogens with two attached hydrogens (primary N) is 1. The van der Waals surface area contributed by atoms with E-state index in [9.17, 15) is 4.79 Å². The molecule has 1 rings (SSSR count). The lowest BCUT2D eigenvalue weighted by atomic mass is 10.4. The lowest BCUT2D eigenvalue weighted by Crippen LogP contribution is -2.41. The van der Waals surface area contributed by atoms with E-state index >= 15 is 0 Å². The predicted molar refractivity (Wildman–Crippen MR) is 39.4 cm³/mol. The zero-order valence-corrected chi connectivity index (χ0v) is 6.25. The third kappa shape index (κ3) is 3.20. The average molecular weight is 158 g/mol. The van der Waals surface area contributed by atoms with Crippen molar-refractivity contribution in [3.05, 3.63) is 6.67 Å². The van der Waals surface area contributed by atoms with Gasteiger partial charge in [-0.15, -0.1) is 0 Å². The Morgan fingerprint density at radius 2 is 2.18 bits per heavy atom. The maximum absolute atomic E-state index is 10.3. The Morgan fingerprint density at radius 1 is 1.55 bits per heavy atom. The summed E-state index contributed by atoms with van der Waals surface area (Å²) in [5, 5.41) is 2.40. The van der Waals surface area contributed by atoms with Crippen LogP contribution in [0.4, 0.5) is 4.79 Å². The maximum Gasteiger partial charge on any atom is 0.313 e. The number of hydrogen-bond acceptors (Lipinski definition) is 3. The summed E-state index contributed by atoms with van der Waals surface area (Å²) >= 11 is 0. The number of nitrogens with one attached hydrogen (secondary N) is 1. The summed E-state index contributed by atoms with van der Waals surface area (Å²) in [6.07, 6.45) is 0. The van der Waals surface area contributed by atoms with E-state index in [1.165, 1.54) is 0 Å². The van der Waals surface area contributed by atoms with Crippen molar-refractivity contribution in [1.82, 2.24) is 10.2 Å². The number of amides is 2. The lowest BCUT2D eigenvalue weighted by Gasteiger charge is -2.25. The van der Waals surface area contributed by atoms with Gasteiger partial charge in [-0.2, -0.15) is 0 Å². The Hall–Kier alpha value is -0.810. The molecule has 3 N–H and O–H groups in total. The van der Waals surface area contributed by atoms with Gasteiger partial charge in [0.05, 0.1) is 13.2 Å². The van der Waals surface area contributed by atoms with E-state index in [4.69, 9.17) is 10.5 Å². The van der Waals surface area contributed by atoms with Gasteiger partial charge in [-0.3, -0.25) is 4.90 Å². The molecule has 63 valence electrons. The first-order valence-corrected chi connectivity index (χ1v) is 3.50. The molecule has 0 aliphatic carbocycles. The van der Waals surface area contributed by atoms with Crippen LogP contribution in [0.2, 0.25) is 0 Å². The summed E-state index contributed by atoms with van der Waals surface area (Å²) < 4.78 is 5.10. The number of nitrogens with zero attached hydrogens (tertiary/aromatic N) is 1. The lowest BCUT2D eigenvalue weighted by molar-refractivity contribution is 0.0489. The number of primary amides is 1. The van der Waals surface area contributed by atoms with Crippen molar-refractivity contribution in [1.29, 1.82) is 0 Å². The number of carbonyl (C=O) groups is 1. The highest BCUT2D eigenvalue weighted by molar-refractivity contribution is 5.72. The SMILES string of the molecule is NC(=O)N[CH]N1CCOCC1. The summed E-state index contributed by atoms with van der Waals surface area (Å²) in [5.74, 6) is 0. The third-order valence-electron chi connectivity index (χ3n) is 1.44. The van der Waals surface area contributed by atoms with E-state index in [1.807, 2.05) is 4.90 Å². The van der Waals surface area contributed by atoms with Crippen LogP contribution < -0.4 is 11.1 Å². The van der Waals surface area contributed by atoms with Crippen LogP contribution in [0.15, 0.2) is 0 Å². The zero-order valence-electron chi connectivity index (χ0n) is 6.25. The van der Waals surface area contributed by atoms with E-state index in [2.05, 4.69) is 5.32 Å². The number of ether oxygens (including phenoxy) is 1. The molecule has 1 radical (unpaired) electrons. The molecular weight excluding hydrogens is 146 g/mol. The van der Waals surface area contributed by atoms with Crippen molar-refractivity contribution in [2.75, 3.05) is 26.3 Å². The maximum atomic E-state index is 10.3. The van der Waals surface area contributed by atoms with Crippen LogP contribution in [-0.2, 0) is 4.74 Å². The topological polar surface area (TPSA) is 67.6 Å². The van der Waals surface area contributed by atoms with Crippen LogP contribution >= 0.6 is 0 Å². The van der Waals surface area contributed by atoms with Gasteiger partial charge in [-0.1, -0.05) is 0 Å². The first kappa shape index (κ1) is 8.29. The van der Waals surface area contributed by atoms with E-state index in [-0.39, 0.29) is 0 Å². The van der Waals surface area contributed by atoms with Gasteiger partial charge in [0.15, 0.2) is 0 Å². The van der Waals surface area contributed by atoms with Gasteiger partial charge in [-0.05, 0) is 0 Å². The quantitative estimate of drug-likeness (QED) is 0.547. The Balaban J connectivity index is 2.09. The van der Waals surface area contributed by atoms with E-state index in [0.717, 1.165) is 13.1 Å². The van der Waals surface area contributed by atoms with E-state index in [0.29, 0.717) is 13.2 Å². The molecule has 2 amide bonds. The number of carbonyl (C=O) groups excluding carboxylic acids is 1. The van der Waals surface area contributed by atoms with Gasteiger partial charge in [-0.25, -0.2) is 4.79 Å². The molecule has 0 bridgehead atoms. The van der Waals surface area contributed by atoms with Crippen molar-refractivity contribution in [3.8, 4) is 0 Å². The highest BCUT2D eigenvalue weighted by atomic mass is 16.5. The fourth-order valence-electron chi connectivity index (χ4n) is 0.861. The summed E-state index contributed by atoms with van der Waals surface area (Å²) in [5.41, 5.74) is 4.87. The average Bonchev–Trinajstić information content (AvgIpc) is 2.03. The summed E-state index contributed by atoms with van der Waals surface area (Å²) in [4.78, 5) is 12.2. The van der Waals surface area contributed by atoms with Gasteiger partial charge in [0.1, 0.15) is 6.67 Å². The summed E-state index contributed by atoms with van der Waals surface area (Å²) in [6.45, 7) is 4.61. The van der Waals surface area contributed by atoms with Gasteiger partial charge in [0.2, 0.25) is 0 Å². The Bertz CT molecular complexity index is 134. The van der Waals surface area contributed by atoms with Gasteiger partial charge in [0.25, 0.3) is 0 Å². The molecule has 1 aliphatic heterocycles. The first-order chi connectivity index (χ1) is 5.29. The largest absolute Gasteiger partial charge is 0.379 e. The molecule has 0 aromatic heterocycles. The molecule has 0 saturated carbocycles. The molecule has 0 atom stereocenters. The second-order valence-corrected chi connectivity index (χ2v) is 2.29. The van der Waals surface area contributed by atoms with Crippen LogP contribution in [0.25, 0.3) is 0 Å². The highest BCUT2D eigenvalue weighted by Crippen LogP contribution is 1.96. The molecular formula is C6H12N3O2. The summed E-state index contributed by atoms with van der Waals surface area (Å²) in [6, 6.07) is -0.531. The minimum absolute atomic E-state index is 0.531. The van der Waals surface area contributed by atoms with Crippen molar-refractivity contribution in [3.63, 3.8) is 0 Å². The van der Waals surface area contributed by atoms with Crippen LogP contribution in [0.3, 0.4) is 0 Å². The second-order valence-electron chi connectivity index (χ2n) is 2.29.